The summed E-state index contributed by atoms with van der Waals surface area (Å²) in [6.07, 6.45) is 1.54. The van der Waals surface area contributed by atoms with Crippen LogP contribution in [0.15, 0.2) is 59.3 Å². The molecule has 122 valence electrons. The molecular weight excluding hydrogens is 326 g/mol. The van der Waals surface area contributed by atoms with Gasteiger partial charge in [-0.25, -0.2) is 9.97 Å². The number of fused-ring (bicyclic) bond motifs is 3. The largest absolute Gasteiger partial charge is 0.494 e. The number of para-hydroxylation sites is 1. The minimum Gasteiger partial charge on any atom is -0.494 e. The summed E-state index contributed by atoms with van der Waals surface area (Å²) in [7, 11) is 0. The van der Waals surface area contributed by atoms with Crippen molar-refractivity contribution in [1.82, 2.24) is 9.97 Å². The second-order valence-corrected chi connectivity index (χ2v) is 5.08. The highest BCUT2D eigenvalue weighted by molar-refractivity contribution is 6.05. The van der Waals surface area contributed by atoms with Crippen LogP contribution in [0.1, 0.15) is 6.92 Å². The zero-order chi connectivity index (χ0) is 15.6. The standard InChI is InChI=1S/C18H15N3O2.ClH/c1-2-22-13-9-7-12(8-10-13)21-18-17-16(19-11-20-18)14-5-3-4-6-15(14)23-17;/h3-11H,2H2,1H3,(H,19,20,21);1H. The molecule has 4 aromatic rings. The molecule has 0 atom stereocenters. The number of rotatable bonds is 4. The lowest BCUT2D eigenvalue weighted by atomic mass is 10.2. The first-order chi connectivity index (χ1) is 11.3. The Morgan fingerprint density at radius 3 is 2.62 bits per heavy atom. The van der Waals surface area contributed by atoms with Crippen molar-refractivity contribution in [2.24, 2.45) is 0 Å². The molecule has 24 heavy (non-hydrogen) atoms. The van der Waals surface area contributed by atoms with Gasteiger partial charge in [-0.1, -0.05) is 12.1 Å². The second-order valence-electron chi connectivity index (χ2n) is 5.08. The number of halogens is 1. The maximum atomic E-state index is 5.91. The minimum absolute atomic E-state index is 0. The summed E-state index contributed by atoms with van der Waals surface area (Å²) < 4.78 is 11.4. The van der Waals surface area contributed by atoms with Crippen LogP contribution in [-0.4, -0.2) is 16.6 Å². The van der Waals surface area contributed by atoms with Crippen molar-refractivity contribution in [2.45, 2.75) is 6.92 Å². The molecule has 0 spiro atoms. The Morgan fingerprint density at radius 2 is 1.83 bits per heavy atom. The van der Waals surface area contributed by atoms with Crippen molar-refractivity contribution in [3.8, 4) is 5.75 Å². The average molecular weight is 342 g/mol. The van der Waals surface area contributed by atoms with Crippen LogP contribution in [-0.2, 0) is 0 Å². The van der Waals surface area contributed by atoms with Gasteiger partial charge in [-0.05, 0) is 43.3 Å². The number of nitrogens with zero attached hydrogens (tertiary/aromatic N) is 2. The van der Waals surface area contributed by atoms with Crippen molar-refractivity contribution in [3.05, 3.63) is 54.9 Å². The van der Waals surface area contributed by atoms with E-state index < -0.39 is 0 Å². The number of hydrogen-bond acceptors (Lipinski definition) is 5. The highest BCUT2D eigenvalue weighted by atomic mass is 35.5. The first kappa shape index (κ1) is 16.1. The fourth-order valence-corrected chi connectivity index (χ4v) is 2.55. The van der Waals surface area contributed by atoms with Crippen LogP contribution >= 0.6 is 12.4 Å². The van der Waals surface area contributed by atoms with E-state index in [1.165, 1.54) is 0 Å². The topological polar surface area (TPSA) is 60.2 Å². The van der Waals surface area contributed by atoms with Crippen LogP contribution in [0.2, 0.25) is 0 Å². The zero-order valence-corrected chi connectivity index (χ0v) is 13.8. The molecule has 5 nitrogen and oxygen atoms in total. The molecule has 6 heteroatoms. The molecule has 0 fully saturated rings. The molecule has 0 saturated carbocycles. The molecule has 0 saturated heterocycles. The Balaban J connectivity index is 0.00000169. The van der Waals surface area contributed by atoms with Crippen LogP contribution in [0.3, 0.4) is 0 Å². The van der Waals surface area contributed by atoms with E-state index >= 15 is 0 Å². The van der Waals surface area contributed by atoms with Gasteiger partial charge >= 0.3 is 0 Å². The van der Waals surface area contributed by atoms with E-state index in [0.29, 0.717) is 18.0 Å². The lowest BCUT2D eigenvalue weighted by Gasteiger charge is -2.07. The van der Waals surface area contributed by atoms with E-state index in [4.69, 9.17) is 9.15 Å². The van der Waals surface area contributed by atoms with Gasteiger partial charge in [0.05, 0.1) is 6.61 Å². The number of furan rings is 1. The van der Waals surface area contributed by atoms with Gasteiger partial charge in [0.1, 0.15) is 23.2 Å². The summed E-state index contributed by atoms with van der Waals surface area (Å²) in [5.74, 6) is 1.49. The smallest absolute Gasteiger partial charge is 0.196 e. The average Bonchev–Trinajstić information content (AvgIpc) is 2.97. The predicted molar refractivity (Wildman–Crippen MR) is 97.5 cm³/mol. The third-order valence-electron chi connectivity index (χ3n) is 3.59. The van der Waals surface area contributed by atoms with Gasteiger partial charge < -0.3 is 14.5 Å². The number of hydrogen-bond donors (Lipinski definition) is 1. The molecule has 0 aliphatic carbocycles. The van der Waals surface area contributed by atoms with Crippen LogP contribution in [0.4, 0.5) is 11.5 Å². The molecule has 2 aromatic carbocycles. The van der Waals surface area contributed by atoms with Gasteiger partial charge in [0.15, 0.2) is 11.4 Å². The Kier molecular flexibility index (Phi) is 4.53. The van der Waals surface area contributed by atoms with E-state index in [1.54, 1.807) is 6.33 Å². The highest BCUT2D eigenvalue weighted by Gasteiger charge is 2.12. The SMILES string of the molecule is CCOc1ccc(Nc2ncnc3c2oc2ccccc23)cc1.Cl. The Labute approximate surface area is 145 Å². The van der Waals surface area contributed by atoms with E-state index in [0.717, 1.165) is 27.9 Å². The number of nitrogens with one attached hydrogen (secondary N) is 1. The van der Waals surface area contributed by atoms with Crippen molar-refractivity contribution in [2.75, 3.05) is 11.9 Å². The van der Waals surface area contributed by atoms with Gasteiger partial charge in [-0.3, -0.25) is 0 Å². The molecular formula is C18H16ClN3O2. The van der Waals surface area contributed by atoms with E-state index in [-0.39, 0.29) is 12.4 Å². The fourth-order valence-electron chi connectivity index (χ4n) is 2.55. The van der Waals surface area contributed by atoms with Crippen molar-refractivity contribution in [1.29, 1.82) is 0 Å². The summed E-state index contributed by atoms with van der Waals surface area (Å²) in [5, 5.41) is 4.26. The molecule has 2 heterocycles. The molecule has 0 unspecified atom stereocenters. The highest BCUT2D eigenvalue weighted by Crippen LogP contribution is 2.31. The van der Waals surface area contributed by atoms with E-state index in [1.807, 2.05) is 55.5 Å². The molecule has 2 aromatic heterocycles. The van der Waals surface area contributed by atoms with Crippen LogP contribution < -0.4 is 10.1 Å². The lowest BCUT2D eigenvalue weighted by Crippen LogP contribution is -1.95. The maximum absolute atomic E-state index is 5.91. The minimum atomic E-state index is 0. The Hall–Kier alpha value is -2.79. The molecule has 4 rings (SSSR count). The summed E-state index contributed by atoms with van der Waals surface area (Å²) in [6, 6.07) is 15.6. The third-order valence-corrected chi connectivity index (χ3v) is 3.59. The maximum Gasteiger partial charge on any atom is 0.196 e. The monoisotopic (exact) mass is 341 g/mol. The second kappa shape index (κ2) is 6.76. The molecule has 0 amide bonds. The summed E-state index contributed by atoms with van der Waals surface area (Å²) in [5.41, 5.74) is 3.18. The van der Waals surface area contributed by atoms with Crippen LogP contribution in [0, 0.1) is 0 Å². The Morgan fingerprint density at radius 1 is 1.04 bits per heavy atom. The van der Waals surface area contributed by atoms with Crippen LogP contribution in [0.25, 0.3) is 22.1 Å². The Bertz CT molecular complexity index is 967. The van der Waals surface area contributed by atoms with Crippen molar-refractivity contribution in [3.63, 3.8) is 0 Å². The molecule has 0 aliphatic heterocycles. The molecule has 1 N–H and O–H groups in total. The number of anilines is 2. The van der Waals surface area contributed by atoms with E-state index in [2.05, 4.69) is 15.3 Å². The number of ether oxygens (including phenoxy) is 1. The normalized spacial score (nSPS) is 10.5. The van der Waals surface area contributed by atoms with E-state index in [9.17, 15) is 0 Å². The number of benzene rings is 2. The fraction of sp³-hybridized carbons (Fsp3) is 0.111. The van der Waals surface area contributed by atoms with Crippen LogP contribution in [0.5, 0.6) is 5.75 Å². The molecule has 0 radical (unpaired) electrons. The van der Waals surface area contributed by atoms with Gasteiger partial charge in [-0.2, -0.15) is 0 Å². The van der Waals surface area contributed by atoms with Gasteiger partial charge in [-0.15, -0.1) is 12.4 Å². The first-order valence-electron chi connectivity index (χ1n) is 7.47. The summed E-state index contributed by atoms with van der Waals surface area (Å²) in [6.45, 7) is 2.61. The molecule has 0 bridgehead atoms. The first-order valence-corrected chi connectivity index (χ1v) is 7.47. The zero-order valence-electron chi connectivity index (χ0n) is 13.0. The third kappa shape index (κ3) is 2.86. The van der Waals surface area contributed by atoms with Gasteiger partial charge in [0.2, 0.25) is 0 Å². The lowest BCUT2D eigenvalue weighted by molar-refractivity contribution is 0.340. The summed E-state index contributed by atoms with van der Waals surface area (Å²) in [4.78, 5) is 8.65. The molecule has 0 aliphatic rings. The predicted octanol–water partition coefficient (Wildman–Crippen LogP) is 4.94. The van der Waals surface area contributed by atoms with Gasteiger partial charge in [0, 0.05) is 11.1 Å². The van der Waals surface area contributed by atoms with Crippen molar-refractivity contribution >= 4 is 46.0 Å². The summed E-state index contributed by atoms with van der Waals surface area (Å²) >= 11 is 0. The van der Waals surface area contributed by atoms with Crippen molar-refractivity contribution < 1.29 is 9.15 Å². The quantitative estimate of drug-likeness (QED) is 0.569. The van der Waals surface area contributed by atoms with Gasteiger partial charge in [0.25, 0.3) is 0 Å². The number of aromatic nitrogens is 2.